The monoisotopic (exact) mass is 229 g/mol. The minimum absolute atomic E-state index is 0.202. The topological polar surface area (TPSA) is 29.1 Å². The van der Waals surface area contributed by atoms with E-state index in [2.05, 4.69) is 0 Å². The standard InChI is InChI=1S/C13H13O2Si/c14-16-15-13(11-7-3-1-4-8-11)12-9-5-2-6-10-12/h1-10,13H,16H2. The molecular formula is C13H13O2Si. The molecule has 0 unspecified atom stereocenters. The smallest absolute Gasteiger partial charge is 0.344 e. The van der Waals surface area contributed by atoms with Crippen LogP contribution in [0.4, 0.5) is 0 Å². The molecule has 2 aromatic rings. The molecule has 2 rings (SSSR count). The summed E-state index contributed by atoms with van der Waals surface area (Å²) in [6, 6.07) is 19.7. The van der Waals surface area contributed by atoms with E-state index in [4.69, 9.17) is 4.43 Å². The Hall–Kier alpha value is -1.42. The molecule has 0 saturated heterocycles. The van der Waals surface area contributed by atoms with Gasteiger partial charge in [0.25, 0.3) is 0 Å². The van der Waals surface area contributed by atoms with Gasteiger partial charge in [0.1, 0.15) is 0 Å². The summed E-state index contributed by atoms with van der Waals surface area (Å²) >= 11 is 0. The SMILES string of the molecule is [O][SiH2]OC(c1ccccc1)c1ccccc1. The third-order valence-electron chi connectivity index (χ3n) is 2.44. The minimum Gasteiger partial charge on any atom is -0.386 e. The van der Waals surface area contributed by atoms with Crippen LogP contribution in [0.2, 0.25) is 0 Å². The molecule has 0 aliphatic heterocycles. The van der Waals surface area contributed by atoms with E-state index in [0.29, 0.717) is 0 Å². The summed E-state index contributed by atoms with van der Waals surface area (Å²) in [6.45, 7) is 0. The summed E-state index contributed by atoms with van der Waals surface area (Å²) in [5, 5.41) is 0. The molecule has 16 heavy (non-hydrogen) atoms. The first kappa shape index (κ1) is 11.1. The van der Waals surface area contributed by atoms with E-state index in [1.54, 1.807) is 0 Å². The van der Waals surface area contributed by atoms with Crippen LogP contribution in [0, 0.1) is 0 Å². The van der Waals surface area contributed by atoms with Gasteiger partial charge < -0.3 is 4.43 Å². The highest BCUT2D eigenvalue weighted by molar-refractivity contribution is 6.15. The Labute approximate surface area is 97.6 Å². The van der Waals surface area contributed by atoms with Gasteiger partial charge in [-0.2, -0.15) is 0 Å². The van der Waals surface area contributed by atoms with Gasteiger partial charge in [0.2, 0.25) is 0 Å². The second-order valence-electron chi connectivity index (χ2n) is 3.49. The zero-order valence-electron chi connectivity index (χ0n) is 8.87. The van der Waals surface area contributed by atoms with Crippen LogP contribution in [0.3, 0.4) is 0 Å². The molecule has 0 aliphatic carbocycles. The van der Waals surface area contributed by atoms with E-state index in [9.17, 15) is 4.80 Å². The van der Waals surface area contributed by atoms with Gasteiger partial charge in [-0.25, -0.2) is 0 Å². The molecule has 0 saturated carbocycles. The van der Waals surface area contributed by atoms with Crippen molar-refractivity contribution < 1.29 is 9.22 Å². The first-order valence-electron chi connectivity index (χ1n) is 5.21. The fourth-order valence-corrected chi connectivity index (χ4v) is 2.23. The summed E-state index contributed by atoms with van der Waals surface area (Å²) in [7, 11) is -1.67. The van der Waals surface area contributed by atoms with Crippen LogP contribution in [0.25, 0.3) is 0 Å². The van der Waals surface area contributed by atoms with E-state index >= 15 is 0 Å². The molecular weight excluding hydrogens is 216 g/mol. The maximum atomic E-state index is 10.8. The van der Waals surface area contributed by atoms with Crippen LogP contribution in [-0.2, 0) is 9.22 Å². The lowest BCUT2D eigenvalue weighted by atomic mass is 10.0. The Bertz CT molecular complexity index is 377. The maximum absolute atomic E-state index is 10.8. The molecule has 0 bridgehead atoms. The Balaban J connectivity index is 2.31. The van der Waals surface area contributed by atoms with E-state index < -0.39 is 10.0 Å². The van der Waals surface area contributed by atoms with Crippen molar-refractivity contribution in [3.8, 4) is 0 Å². The van der Waals surface area contributed by atoms with Crippen molar-refractivity contribution in [2.45, 2.75) is 6.10 Å². The number of hydrogen-bond acceptors (Lipinski definition) is 1. The predicted octanol–water partition coefficient (Wildman–Crippen LogP) is 2.22. The molecule has 1 radical (unpaired) electrons. The molecule has 0 fully saturated rings. The maximum Gasteiger partial charge on any atom is 0.344 e. The third-order valence-corrected chi connectivity index (χ3v) is 2.91. The fraction of sp³-hybridized carbons (Fsp3) is 0.0769. The Morgan fingerprint density at radius 1 is 0.812 bits per heavy atom. The molecule has 0 spiro atoms. The van der Waals surface area contributed by atoms with Crippen LogP contribution in [0.5, 0.6) is 0 Å². The van der Waals surface area contributed by atoms with Crippen molar-refractivity contribution in [3.05, 3.63) is 71.8 Å². The molecule has 2 aromatic carbocycles. The van der Waals surface area contributed by atoms with Crippen molar-refractivity contribution in [1.82, 2.24) is 0 Å². The highest BCUT2D eigenvalue weighted by Crippen LogP contribution is 2.24. The van der Waals surface area contributed by atoms with Crippen molar-refractivity contribution in [3.63, 3.8) is 0 Å². The van der Waals surface area contributed by atoms with E-state index in [1.165, 1.54) is 0 Å². The van der Waals surface area contributed by atoms with Gasteiger partial charge >= 0.3 is 10.0 Å². The van der Waals surface area contributed by atoms with E-state index in [-0.39, 0.29) is 6.10 Å². The number of benzene rings is 2. The first-order chi connectivity index (χ1) is 7.92. The van der Waals surface area contributed by atoms with Gasteiger partial charge in [-0.15, -0.1) is 0 Å². The van der Waals surface area contributed by atoms with Gasteiger partial charge in [-0.05, 0) is 11.1 Å². The zero-order valence-corrected chi connectivity index (χ0v) is 10.3. The van der Waals surface area contributed by atoms with Crippen molar-refractivity contribution in [1.29, 1.82) is 0 Å². The van der Waals surface area contributed by atoms with E-state index in [0.717, 1.165) is 11.1 Å². The summed E-state index contributed by atoms with van der Waals surface area (Å²) < 4.78 is 5.40. The number of hydrogen-bond donors (Lipinski definition) is 0. The second-order valence-corrected chi connectivity index (χ2v) is 4.05. The molecule has 0 aromatic heterocycles. The van der Waals surface area contributed by atoms with Gasteiger partial charge in [0, 0.05) is 0 Å². The molecule has 0 aliphatic rings. The average molecular weight is 229 g/mol. The largest absolute Gasteiger partial charge is 0.386 e. The summed E-state index contributed by atoms with van der Waals surface area (Å²) in [4.78, 5) is 10.8. The summed E-state index contributed by atoms with van der Waals surface area (Å²) in [5.41, 5.74) is 2.08. The Morgan fingerprint density at radius 3 is 1.62 bits per heavy atom. The number of rotatable bonds is 4. The van der Waals surface area contributed by atoms with Gasteiger partial charge in [0.05, 0.1) is 6.10 Å². The zero-order chi connectivity index (χ0) is 11.2. The van der Waals surface area contributed by atoms with Crippen molar-refractivity contribution in [2.24, 2.45) is 0 Å². The Kier molecular flexibility index (Phi) is 3.88. The molecule has 0 amide bonds. The molecule has 3 heteroatoms. The predicted molar refractivity (Wildman–Crippen MR) is 65.0 cm³/mol. The highest BCUT2D eigenvalue weighted by Gasteiger charge is 2.13. The lowest BCUT2D eigenvalue weighted by molar-refractivity contribution is 0.203. The fourth-order valence-electron chi connectivity index (χ4n) is 1.71. The highest BCUT2D eigenvalue weighted by atomic mass is 28.2. The van der Waals surface area contributed by atoms with Crippen molar-refractivity contribution >= 4 is 10.0 Å². The third kappa shape index (κ3) is 2.58. The van der Waals surface area contributed by atoms with Crippen LogP contribution in [0.15, 0.2) is 60.7 Å². The van der Waals surface area contributed by atoms with Crippen LogP contribution < -0.4 is 0 Å². The van der Waals surface area contributed by atoms with Gasteiger partial charge in [0.15, 0.2) is 0 Å². The van der Waals surface area contributed by atoms with Crippen LogP contribution in [0.1, 0.15) is 17.2 Å². The lowest BCUT2D eigenvalue weighted by Crippen LogP contribution is -2.08. The summed E-state index contributed by atoms with van der Waals surface area (Å²) in [5.74, 6) is 0. The van der Waals surface area contributed by atoms with Crippen LogP contribution in [-0.4, -0.2) is 10.0 Å². The first-order valence-corrected chi connectivity index (χ1v) is 6.37. The quantitative estimate of drug-likeness (QED) is 0.739. The molecule has 2 nitrogen and oxygen atoms in total. The molecule has 0 N–H and O–H groups in total. The minimum atomic E-state index is -1.67. The molecule has 81 valence electrons. The lowest BCUT2D eigenvalue weighted by Gasteiger charge is -2.17. The Morgan fingerprint density at radius 2 is 1.25 bits per heavy atom. The summed E-state index contributed by atoms with van der Waals surface area (Å²) in [6.07, 6.45) is -0.202. The normalized spacial score (nSPS) is 11.4. The average Bonchev–Trinajstić information content (AvgIpc) is 2.38. The van der Waals surface area contributed by atoms with Gasteiger partial charge in [-0.1, -0.05) is 60.7 Å². The second kappa shape index (κ2) is 5.60. The van der Waals surface area contributed by atoms with E-state index in [1.807, 2.05) is 60.7 Å². The molecule has 0 atom stereocenters. The molecule has 0 heterocycles. The van der Waals surface area contributed by atoms with Crippen LogP contribution >= 0.6 is 0 Å². The van der Waals surface area contributed by atoms with Gasteiger partial charge in [-0.3, -0.25) is 4.80 Å². The van der Waals surface area contributed by atoms with Crippen molar-refractivity contribution in [2.75, 3.05) is 0 Å².